The molecule has 0 spiro atoms. The van der Waals surface area contributed by atoms with E-state index in [1.54, 1.807) is 6.33 Å². The van der Waals surface area contributed by atoms with Crippen molar-refractivity contribution in [3.05, 3.63) is 30.6 Å². The third-order valence-electron chi connectivity index (χ3n) is 3.23. The molecule has 0 aliphatic rings. The van der Waals surface area contributed by atoms with Gasteiger partial charge in [-0.15, -0.1) is 16.6 Å². The van der Waals surface area contributed by atoms with Gasteiger partial charge in [0, 0.05) is 11.6 Å². The van der Waals surface area contributed by atoms with Gasteiger partial charge in [0.2, 0.25) is 5.91 Å². The topological polar surface area (TPSA) is 69.0 Å². The number of carbonyl (C=O) groups is 1. The number of terminal acetylenes is 1. The van der Waals surface area contributed by atoms with Crippen molar-refractivity contribution >= 4 is 11.6 Å². The highest BCUT2D eigenvalue weighted by molar-refractivity contribution is 5.94. The number of nitrogens with zero attached hydrogens (tertiary/aromatic N) is 3. The molecule has 0 aliphatic heterocycles. The molecule has 6 heteroatoms. The Kier molecular flexibility index (Phi) is 5.89. The number of rotatable bonds is 7. The molecule has 0 unspecified atom stereocenters. The zero-order valence-electron chi connectivity index (χ0n) is 13.3. The standard InChI is InChI=1S/C17H20N4O2/c1-4-10-23-11-9-16(22)19-15-8-6-5-7-14(15)17-20-18-12-21(17)13(2)3/h1,5-8,12-13H,9-11H2,2-3H3,(H,19,22). The van der Waals surface area contributed by atoms with E-state index in [1.165, 1.54) is 0 Å². The van der Waals surface area contributed by atoms with Gasteiger partial charge in [-0.05, 0) is 26.0 Å². The van der Waals surface area contributed by atoms with Gasteiger partial charge in [0.1, 0.15) is 12.9 Å². The number of amides is 1. The maximum atomic E-state index is 12.0. The Morgan fingerprint density at radius 2 is 2.22 bits per heavy atom. The minimum atomic E-state index is -0.134. The van der Waals surface area contributed by atoms with Crippen LogP contribution in [0.15, 0.2) is 30.6 Å². The van der Waals surface area contributed by atoms with Crippen LogP contribution in [0, 0.1) is 12.3 Å². The molecule has 1 heterocycles. The van der Waals surface area contributed by atoms with Crippen LogP contribution in [-0.4, -0.2) is 33.9 Å². The predicted molar refractivity (Wildman–Crippen MR) is 88.7 cm³/mol. The number of ether oxygens (including phenoxy) is 1. The quantitative estimate of drug-likeness (QED) is 0.630. The van der Waals surface area contributed by atoms with Gasteiger partial charge in [-0.3, -0.25) is 4.79 Å². The van der Waals surface area contributed by atoms with Crippen LogP contribution in [0.2, 0.25) is 0 Å². The van der Waals surface area contributed by atoms with Gasteiger partial charge < -0.3 is 14.6 Å². The lowest BCUT2D eigenvalue weighted by atomic mass is 10.1. The normalized spacial score (nSPS) is 10.5. The van der Waals surface area contributed by atoms with Gasteiger partial charge in [0.25, 0.3) is 0 Å². The minimum absolute atomic E-state index is 0.134. The number of para-hydroxylation sites is 1. The van der Waals surface area contributed by atoms with E-state index in [2.05, 4.69) is 35.3 Å². The van der Waals surface area contributed by atoms with Gasteiger partial charge in [-0.2, -0.15) is 0 Å². The Balaban J connectivity index is 2.13. The van der Waals surface area contributed by atoms with E-state index in [1.807, 2.05) is 28.8 Å². The summed E-state index contributed by atoms with van der Waals surface area (Å²) >= 11 is 0. The summed E-state index contributed by atoms with van der Waals surface area (Å²) in [7, 11) is 0. The summed E-state index contributed by atoms with van der Waals surface area (Å²) in [5, 5.41) is 11.0. The lowest BCUT2D eigenvalue weighted by molar-refractivity contribution is -0.117. The van der Waals surface area contributed by atoms with Gasteiger partial charge in [0.15, 0.2) is 5.82 Å². The Morgan fingerprint density at radius 3 is 2.96 bits per heavy atom. The van der Waals surface area contributed by atoms with Crippen molar-refractivity contribution < 1.29 is 9.53 Å². The summed E-state index contributed by atoms with van der Waals surface area (Å²) in [6.45, 7) is 4.61. The van der Waals surface area contributed by atoms with Crippen LogP contribution in [0.1, 0.15) is 26.3 Å². The molecule has 0 fully saturated rings. The fourth-order valence-electron chi connectivity index (χ4n) is 2.11. The number of carbonyl (C=O) groups excluding carboxylic acids is 1. The average molecular weight is 312 g/mol. The predicted octanol–water partition coefficient (Wildman–Crippen LogP) is 2.50. The first-order valence-electron chi connectivity index (χ1n) is 7.43. The highest BCUT2D eigenvalue weighted by Crippen LogP contribution is 2.27. The van der Waals surface area contributed by atoms with Crippen molar-refractivity contribution in [1.29, 1.82) is 0 Å². The molecule has 1 aromatic carbocycles. The van der Waals surface area contributed by atoms with Crippen LogP contribution < -0.4 is 5.32 Å². The molecule has 120 valence electrons. The first kappa shape index (κ1) is 16.7. The van der Waals surface area contributed by atoms with E-state index in [4.69, 9.17) is 11.2 Å². The first-order valence-corrected chi connectivity index (χ1v) is 7.43. The van der Waals surface area contributed by atoms with Crippen molar-refractivity contribution in [2.75, 3.05) is 18.5 Å². The summed E-state index contributed by atoms with van der Waals surface area (Å²) in [4.78, 5) is 12.0. The number of aromatic nitrogens is 3. The lowest BCUT2D eigenvalue weighted by Gasteiger charge is -2.14. The maximum Gasteiger partial charge on any atom is 0.226 e. The molecule has 0 bridgehead atoms. The van der Waals surface area contributed by atoms with Crippen molar-refractivity contribution in [2.24, 2.45) is 0 Å². The van der Waals surface area contributed by atoms with E-state index in [-0.39, 0.29) is 25.0 Å². The Hall–Kier alpha value is -2.65. The van der Waals surface area contributed by atoms with Crippen LogP contribution in [0.3, 0.4) is 0 Å². The van der Waals surface area contributed by atoms with E-state index in [9.17, 15) is 4.79 Å². The smallest absolute Gasteiger partial charge is 0.226 e. The molecule has 6 nitrogen and oxygen atoms in total. The highest BCUT2D eigenvalue weighted by atomic mass is 16.5. The molecular formula is C17H20N4O2. The molecule has 1 aromatic heterocycles. The summed E-state index contributed by atoms with van der Waals surface area (Å²) in [5.41, 5.74) is 1.53. The number of hydrogen-bond donors (Lipinski definition) is 1. The van der Waals surface area contributed by atoms with Crippen LogP contribution in [-0.2, 0) is 9.53 Å². The van der Waals surface area contributed by atoms with Crippen molar-refractivity contribution in [3.63, 3.8) is 0 Å². The molecule has 2 aromatic rings. The fraction of sp³-hybridized carbons (Fsp3) is 0.353. The zero-order valence-corrected chi connectivity index (χ0v) is 13.3. The second kappa shape index (κ2) is 8.11. The van der Waals surface area contributed by atoms with Crippen LogP contribution in [0.25, 0.3) is 11.4 Å². The third-order valence-corrected chi connectivity index (χ3v) is 3.23. The maximum absolute atomic E-state index is 12.0. The molecule has 0 atom stereocenters. The summed E-state index contributed by atoms with van der Waals surface area (Å²) < 4.78 is 7.08. The average Bonchev–Trinajstić information content (AvgIpc) is 3.02. The number of hydrogen-bond acceptors (Lipinski definition) is 4. The van der Waals surface area contributed by atoms with Crippen molar-refractivity contribution in [1.82, 2.24) is 14.8 Å². The van der Waals surface area contributed by atoms with Gasteiger partial charge in [-0.25, -0.2) is 0 Å². The second-order valence-electron chi connectivity index (χ2n) is 5.26. The van der Waals surface area contributed by atoms with Gasteiger partial charge in [-0.1, -0.05) is 18.1 Å². The Morgan fingerprint density at radius 1 is 1.43 bits per heavy atom. The molecular weight excluding hydrogens is 292 g/mol. The third kappa shape index (κ3) is 4.41. The Bertz CT molecular complexity index is 701. The van der Waals surface area contributed by atoms with E-state index in [0.717, 1.165) is 11.4 Å². The largest absolute Gasteiger partial charge is 0.368 e. The SMILES string of the molecule is C#CCOCCC(=O)Nc1ccccc1-c1nncn1C(C)C. The zero-order chi connectivity index (χ0) is 16.7. The van der Waals surface area contributed by atoms with Crippen molar-refractivity contribution in [2.45, 2.75) is 26.3 Å². The summed E-state index contributed by atoms with van der Waals surface area (Å²) in [5.74, 6) is 2.95. The number of benzene rings is 1. The molecule has 2 rings (SSSR count). The molecule has 0 radical (unpaired) electrons. The molecule has 1 amide bonds. The van der Waals surface area contributed by atoms with Crippen LogP contribution in [0.5, 0.6) is 0 Å². The summed E-state index contributed by atoms with van der Waals surface area (Å²) in [6.07, 6.45) is 7.02. The number of nitrogens with one attached hydrogen (secondary N) is 1. The summed E-state index contributed by atoms with van der Waals surface area (Å²) in [6, 6.07) is 7.74. The lowest BCUT2D eigenvalue weighted by Crippen LogP contribution is -2.15. The fourth-order valence-corrected chi connectivity index (χ4v) is 2.11. The van der Waals surface area contributed by atoms with Crippen molar-refractivity contribution in [3.8, 4) is 23.7 Å². The van der Waals surface area contributed by atoms with Crippen LogP contribution >= 0.6 is 0 Å². The van der Waals surface area contributed by atoms with E-state index < -0.39 is 0 Å². The minimum Gasteiger partial charge on any atom is -0.368 e. The van der Waals surface area contributed by atoms with E-state index >= 15 is 0 Å². The molecule has 0 saturated carbocycles. The highest BCUT2D eigenvalue weighted by Gasteiger charge is 2.14. The van der Waals surface area contributed by atoms with Gasteiger partial charge in [0.05, 0.1) is 18.7 Å². The molecule has 0 aliphatic carbocycles. The van der Waals surface area contributed by atoms with E-state index in [0.29, 0.717) is 12.3 Å². The van der Waals surface area contributed by atoms with Gasteiger partial charge >= 0.3 is 0 Å². The van der Waals surface area contributed by atoms with Crippen LogP contribution in [0.4, 0.5) is 5.69 Å². The molecule has 23 heavy (non-hydrogen) atoms. The monoisotopic (exact) mass is 312 g/mol. The first-order chi connectivity index (χ1) is 11.1. The Labute approximate surface area is 135 Å². The second-order valence-corrected chi connectivity index (χ2v) is 5.26. The molecule has 0 saturated heterocycles. The number of anilines is 1. The molecule has 1 N–H and O–H groups in total.